The highest BCUT2D eigenvalue weighted by Crippen LogP contribution is 2.39. The summed E-state index contributed by atoms with van der Waals surface area (Å²) in [7, 11) is 0. The molecule has 1 fully saturated rings. The quantitative estimate of drug-likeness (QED) is 0.727. The van der Waals surface area contributed by atoms with Gasteiger partial charge in [0.05, 0.1) is 6.54 Å². The van der Waals surface area contributed by atoms with E-state index < -0.39 is 0 Å². The summed E-state index contributed by atoms with van der Waals surface area (Å²) in [5.41, 5.74) is 3.48. The van der Waals surface area contributed by atoms with Crippen molar-refractivity contribution in [3.05, 3.63) is 76.2 Å². The van der Waals surface area contributed by atoms with Crippen LogP contribution in [0, 0.1) is 0 Å². The van der Waals surface area contributed by atoms with Crippen molar-refractivity contribution in [1.82, 2.24) is 9.88 Å². The molecule has 5 heteroatoms. The Morgan fingerprint density at radius 3 is 2.69 bits per heavy atom. The van der Waals surface area contributed by atoms with E-state index in [1.807, 2.05) is 29.2 Å². The number of nitrogens with zero attached hydrogens (tertiary/aromatic N) is 2. The van der Waals surface area contributed by atoms with Crippen LogP contribution >= 0.6 is 0 Å². The molecule has 1 saturated heterocycles. The van der Waals surface area contributed by atoms with E-state index >= 15 is 0 Å². The van der Waals surface area contributed by atoms with E-state index in [4.69, 9.17) is 0 Å². The van der Waals surface area contributed by atoms with Crippen molar-refractivity contribution in [2.75, 3.05) is 24.5 Å². The number of likely N-dealkylation sites (tertiary alicyclic amines) is 1. The van der Waals surface area contributed by atoms with Crippen molar-refractivity contribution in [2.24, 2.45) is 0 Å². The van der Waals surface area contributed by atoms with Crippen LogP contribution in [-0.2, 0) is 11.3 Å². The Hall–Kier alpha value is -3.08. The van der Waals surface area contributed by atoms with E-state index in [0.29, 0.717) is 24.8 Å². The van der Waals surface area contributed by atoms with E-state index in [2.05, 4.69) is 40.2 Å². The summed E-state index contributed by atoms with van der Waals surface area (Å²) in [6, 6.07) is 18.3. The number of hydrogen-bond donors (Lipinski definition) is 1. The van der Waals surface area contributed by atoms with Crippen LogP contribution in [0.2, 0.25) is 0 Å². The average Bonchev–Trinajstić information content (AvgIpc) is 3.30. The molecular weight excluding hydrogens is 362 g/mol. The van der Waals surface area contributed by atoms with Crippen LogP contribution in [0.3, 0.4) is 0 Å². The molecule has 3 heterocycles. The topological polar surface area (TPSA) is 56.4 Å². The number of nitrogens with one attached hydrogen (secondary N) is 1. The number of carbonyl (C=O) groups excluding carboxylic acids is 1. The lowest BCUT2D eigenvalue weighted by atomic mass is 9.98. The van der Waals surface area contributed by atoms with E-state index in [1.165, 1.54) is 11.3 Å². The molecule has 3 aromatic rings. The molecule has 0 radical (unpaired) electrons. The number of aromatic amines is 1. The van der Waals surface area contributed by atoms with Crippen LogP contribution in [0.4, 0.5) is 5.69 Å². The summed E-state index contributed by atoms with van der Waals surface area (Å²) in [6.45, 7) is 3.32. The molecule has 1 N–H and O–H groups in total. The van der Waals surface area contributed by atoms with Crippen molar-refractivity contribution in [3.8, 4) is 0 Å². The first kappa shape index (κ1) is 18.0. The van der Waals surface area contributed by atoms with Gasteiger partial charge >= 0.3 is 0 Å². The predicted molar refractivity (Wildman–Crippen MR) is 115 cm³/mol. The first-order chi connectivity index (χ1) is 14.2. The van der Waals surface area contributed by atoms with Gasteiger partial charge in [-0.15, -0.1) is 0 Å². The van der Waals surface area contributed by atoms with Gasteiger partial charge in [-0.05, 0) is 42.0 Å². The maximum Gasteiger partial charge on any atom is 0.256 e. The van der Waals surface area contributed by atoms with Crippen molar-refractivity contribution in [3.63, 3.8) is 0 Å². The van der Waals surface area contributed by atoms with Gasteiger partial charge in [0.25, 0.3) is 5.56 Å². The number of rotatable bonds is 5. The fourth-order valence-corrected chi connectivity index (χ4v) is 4.79. The van der Waals surface area contributed by atoms with Crippen LogP contribution in [0.5, 0.6) is 0 Å². The maximum absolute atomic E-state index is 12.5. The summed E-state index contributed by atoms with van der Waals surface area (Å²) < 4.78 is 0. The van der Waals surface area contributed by atoms with E-state index in [9.17, 15) is 9.59 Å². The first-order valence-electron chi connectivity index (χ1n) is 10.4. The molecular formula is C24H25N3O2. The Kier molecular flexibility index (Phi) is 4.58. The number of para-hydroxylation sites is 1. The second-order valence-corrected chi connectivity index (χ2v) is 8.12. The Balaban J connectivity index is 1.37. The van der Waals surface area contributed by atoms with Gasteiger partial charge in [0.15, 0.2) is 0 Å². The number of H-pyrrole nitrogens is 1. The molecule has 2 aliphatic heterocycles. The van der Waals surface area contributed by atoms with Gasteiger partial charge in [-0.1, -0.05) is 36.4 Å². The minimum absolute atomic E-state index is 0.0327. The molecule has 0 bridgehead atoms. The molecule has 0 aliphatic carbocycles. The monoisotopic (exact) mass is 387 g/mol. The van der Waals surface area contributed by atoms with Gasteiger partial charge in [0.2, 0.25) is 5.91 Å². The van der Waals surface area contributed by atoms with Crippen molar-refractivity contribution in [2.45, 2.75) is 31.7 Å². The Labute approximate surface area is 170 Å². The molecule has 1 aromatic heterocycles. The van der Waals surface area contributed by atoms with E-state index in [-0.39, 0.29) is 5.56 Å². The predicted octanol–water partition coefficient (Wildman–Crippen LogP) is 3.64. The van der Waals surface area contributed by atoms with Gasteiger partial charge in [-0.25, -0.2) is 0 Å². The highest BCUT2D eigenvalue weighted by molar-refractivity contribution is 5.81. The molecule has 5 rings (SSSR count). The number of carbonyl (C=O) groups is 1. The van der Waals surface area contributed by atoms with Crippen molar-refractivity contribution >= 4 is 22.4 Å². The first-order valence-corrected chi connectivity index (χ1v) is 10.4. The zero-order chi connectivity index (χ0) is 19.8. The van der Waals surface area contributed by atoms with E-state index in [0.717, 1.165) is 48.9 Å². The van der Waals surface area contributed by atoms with Crippen molar-refractivity contribution in [1.29, 1.82) is 0 Å². The molecule has 5 nitrogen and oxygen atoms in total. The molecule has 0 unspecified atom stereocenters. The molecule has 1 amide bonds. The number of hydrogen-bond acceptors (Lipinski definition) is 3. The number of amides is 1. The van der Waals surface area contributed by atoms with Gasteiger partial charge in [-0.3, -0.25) is 9.59 Å². The number of pyridine rings is 1. The zero-order valence-electron chi connectivity index (χ0n) is 16.4. The second kappa shape index (κ2) is 7.39. The Morgan fingerprint density at radius 2 is 1.83 bits per heavy atom. The molecule has 2 aromatic carbocycles. The standard InChI is InChI=1S/C24H25N3O2/c28-23-10-5-12-26(23)13-11-18-15-27(22-9-4-3-7-20(18)22)16-19-14-17-6-1-2-8-21(17)24(29)25-19/h1-4,6-9,14,18H,5,10-13,15-16H2,(H,25,29)/t18-/m1/s1. The van der Waals surface area contributed by atoms with Crippen LogP contribution in [-0.4, -0.2) is 35.4 Å². The smallest absolute Gasteiger partial charge is 0.256 e. The minimum Gasteiger partial charge on any atom is -0.365 e. The molecule has 0 saturated carbocycles. The molecule has 2 aliphatic rings. The number of fused-ring (bicyclic) bond motifs is 2. The third-order valence-electron chi connectivity index (χ3n) is 6.25. The fraction of sp³-hybridized carbons (Fsp3) is 0.333. The SMILES string of the molecule is O=C1CCCN1CC[C@@H]1CN(Cc2cc3ccccc3c(=O)[nH]2)c2ccccc21. The lowest BCUT2D eigenvalue weighted by Crippen LogP contribution is -2.28. The summed E-state index contributed by atoms with van der Waals surface area (Å²) in [5, 5.41) is 1.70. The molecule has 148 valence electrons. The third-order valence-corrected chi connectivity index (χ3v) is 6.25. The van der Waals surface area contributed by atoms with Crippen LogP contribution < -0.4 is 10.5 Å². The van der Waals surface area contributed by atoms with Gasteiger partial charge in [0.1, 0.15) is 0 Å². The zero-order valence-corrected chi connectivity index (χ0v) is 16.4. The van der Waals surface area contributed by atoms with E-state index in [1.54, 1.807) is 0 Å². The van der Waals surface area contributed by atoms with Crippen molar-refractivity contribution < 1.29 is 4.79 Å². The van der Waals surface area contributed by atoms with Gasteiger partial charge in [-0.2, -0.15) is 0 Å². The van der Waals surface area contributed by atoms with Crippen LogP contribution in [0.25, 0.3) is 10.8 Å². The average molecular weight is 387 g/mol. The number of aromatic nitrogens is 1. The number of anilines is 1. The lowest BCUT2D eigenvalue weighted by molar-refractivity contribution is -0.127. The van der Waals surface area contributed by atoms with Crippen LogP contribution in [0.1, 0.15) is 36.4 Å². The molecule has 29 heavy (non-hydrogen) atoms. The summed E-state index contributed by atoms with van der Waals surface area (Å²) in [5.74, 6) is 0.702. The lowest BCUT2D eigenvalue weighted by Gasteiger charge is -2.21. The minimum atomic E-state index is -0.0327. The number of benzene rings is 2. The summed E-state index contributed by atoms with van der Waals surface area (Å²) >= 11 is 0. The normalized spacial score (nSPS) is 18.6. The highest BCUT2D eigenvalue weighted by Gasteiger charge is 2.30. The largest absolute Gasteiger partial charge is 0.365 e. The Bertz CT molecular complexity index is 1120. The second-order valence-electron chi connectivity index (χ2n) is 8.12. The maximum atomic E-state index is 12.5. The van der Waals surface area contributed by atoms with Gasteiger partial charge < -0.3 is 14.8 Å². The summed E-state index contributed by atoms with van der Waals surface area (Å²) in [4.78, 5) is 31.8. The molecule has 0 spiro atoms. The fourth-order valence-electron chi connectivity index (χ4n) is 4.79. The highest BCUT2D eigenvalue weighted by atomic mass is 16.2. The van der Waals surface area contributed by atoms with Gasteiger partial charge in [0, 0.05) is 48.7 Å². The van der Waals surface area contributed by atoms with Crippen LogP contribution in [0.15, 0.2) is 59.4 Å². The third kappa shape index (κ3) is 3.41. The molecule has 1 atom stereocenters. The summed E-state index contributed by atoms with van der Waals surface area (Å²) in [6.07, 6.45) is 2.66. The Morgan fingerprint density at radius 1 is 1.00 bits per heavy atom.